The van der Waals surface area contributed by atoms with Crippen LogP contribution in [0.3, 0.4) is 0 Å². The molecule has 0 bridgehead atoms. The number of alkyl halides is 1. The highest BCUT2D eigenvalue weighted by atomic mass is 127. The summed E-state index contributed by atoms with van der Waals surface area (Å²) >= 11 is 2.21. The molecule has 0 heterocycles. The first-order chi connectivity index (χ1) is 4.72. The van der Waals surface area contributed by atoms with E-state index in [1.54, 1.807) is 0 Å². The van der Waals surface area contributed by atoms with Crippen LogP contribution < -0.4 is 5.32 Å². The molecule has 0 spiro atoms. The van der Waals surface area contributed by atoms with Gasteiger partial charge in [0.15, 0.2) is 0 Å². The zero-order valence-corrected chi connectivity index (χ0v) is 8.09. The number of carboxylic acid groups (broad SMARTS) is 1. The van der Waals surface area contributed by atoms with Crippen LogP contribution in [0.1, 0.15) is 13.3 Å². The largest absolute Gasteiger partial charge is 0.480 e. The second-order valence-corrected chi connectivity index (χ2v) is 3.02. The second kappa shape index (κ2) is 5.91. The van der Waals surface area contributed by atoms with E-state index in [9.17, 15) is 4.79 Å². The Morgan fingerprint density at radius 3 is 2.70 bits per heavy atom. The van der Waals surface area contributed by atoms with E-state index in [-0.39, 0.29) is 6.04 Å². The van der Waals surface area contributed by atoms with E-state index in [2.05, 4.69) is 27.9 Å². The number of hydrogen-bond acceptors (Lipinski definition) is 2. The summed E-state index contributed by atoms with van der Waals surface area (Å²) in [6.45, 7) is 2.63. The van der Waals surface area contributed by atoms with Gasteiger partial charge in [-0.05, 0) is 6.42 Å². The smallest absolute Gasteiger partial charge is 0.320 e. The molecular weight excluding hydrogens is 245 g/mol. The molecule has 10 heavy (non-hydrogen) atoms. The van der Waals surface area contributed by atoms with Gasteiger partial charge < -0.3 is 10.4 Å². The molecule has 0 saturated heterocycles. The van der Waals surface area contributed by atoms with Crippen LogP contribution in [-0.4, -0.2) is 28.1 Å². The van der Waals surface area contributed by atoms with Crippen molar-refractivity contribution in [2.45, 2.75) is 19.4 Å². The van der Waals surface area contributed by atoms with Gasteiger partial charge in [0.2, 0.25) is 0 Å². The third-order valence-electron chi connectivity index (χ3n) is 1.19. The lowest BCUT2D eigenvalue weighted by Crippen LogP contribution is -2.36. The summed E-state index contributed by atoms with van der Waals surface area (Å²) in [5.74, 6) is -0.757. The van der Waals surface area contributed by atoms with E-state index < -0.39 is 5.97 Å². The van der Waals surface area contributed by atoms with Gasteiger partial charge in [-0.2, -0.15) is 0 Å². The topological polar surface area (TPSA) is 49.3 Å². The molecule has 0 fully saturated rings. The number of halogens is 1. The highest BCUT2D eigenvalue weighted by Crippen LogP contribution is 1.90. The molecule has 0 aromatic rings. The van der Waals surface area contributed by atoms with Crippen LogP contribution >= 0.6 is 22.6 Å². The van der Waals surface area contributed by atoms with Crippen molar-refractivity contribution in [2.75, 3.05) is 11.0 Å². The quantitative estimate of drug-likeness (QED) is 0.567. The van der Waals surface area contributed by atoms with Gasteiger partial charge in [0.25, 0.3) is 0 Å². The van der Waals surface area contributed by atoms with Crippen molar-refractivity contribution in [3.05, 3.63) is 0 Å². The molecule has 3 nitrogen and oxygen atoms in total. The molecule has 0 aliphatic heterocycles. The van der Waals surface area contributed by atoms with E-state index in [1.807, 2.05) is 6.92 Å². The predicted octanol–water partition coefficient (Wildman–Crippen LogP) is 0.874. The Kier molecular flexibility index (Phi) is 6.00. The minimum Gasteiger partial charge on any atom is -0.480 e. The maximum atomic E-state index is 10.4. The Hall–Kier alpha value is 0.160. The van der Waals surface area contributed by atoms with Gasteiger partial charge in [-0.15, -0.1) is 0 Å². The molecule has 0 aromatic heterocycles. The van der Waals surface area contributed by atoms with Crippen molar-refractivity contribution >= 4 is 28.6 Å². The molecule has 0 aliphatic rings. The lowest BCUT2D eigenvalue weighted by Gasteiger charge is -2.09. The number of carboxylic acids is 1. The van der Waals surface area contributed by atoms with Gasteiger partial charge in [0.1, 0.15) is 6.04 Å². The Balaban J connectivity index is 3.50. The van der Waals surface area contributed by atoms with Crippen molar-refractivity contribution in [1.82, 2.24) is 5.32 Å². The third kappa shape index (κ3) is 4.05. The van der Waals surface area contributed by atoms with Crippen molar-refractivity contribution in [2.24, 2.45) is 0 Å². The molecule has 0 unspecified atom stereocenters. The fraction of sp³-hybridized carbons (Fsp3) is 0.833. The SMILES string of the molecule is CC[C@H](NCCI)C(=O)O. The van der Waals surface area contributed by atoms with Crippen LogP contribution in [0.4, 0.5) is 0 Å². The summed E-state index contributed by atoms with van der Waals surface area (Å²) in [6.07, 6.45) is 0.645. The number of nitrogens with one attached hydrogen (secondary N) is 1. The van der Waals surface area contributed by atoms with Gasteiger partial charge >= 0.3 is 5.97 Å². The lowest BCUT2D eigenvalue weighted by atomic mass is 10.2. The summed E-state index contributed by atoms with van der Waals surface area (Å²) in [5, 5.41) is 11.4. The van der Waals surface area contributed by atoms with Gasteiger partial charge in [-0.3, -0.25) is 4.79 Å². The Morgan fingerprint density at radius 1 is 1.80 bits per heavy atom. The maximum absolute atomic E-state index is 10.4. The fourth-order valence-corrected chi connectivity index (χ4v) is 0.946. The van der Waals surface area contributed by atoms with Crippen molar-refractivity contribution in [3.8, 4) is 0 Å². The number of aliphatic carboxylic acids is 1. The Bertz CT molecular complexity index is 108. The molecule has 4 heteroatoms. The van der Waals surface area contributed by atoms with Gasteiger partial charge in [-0.25, -0.2) is 0 Å². The molecule has 0 amide bonds. The summed E-state index contributed by atoms with van der Waals surface area (Å²) in [7, 11) is 0. The standard InChI is InChI=1S/C6H12INO2/c1-2-5(6(9)10)8-4-3-7/h5,8H,2-4H2,1H3,(H,9,10)/t5-/m0/s1. The molecule has 0 saturated carbocycles. The van der Waals surface area contributed by atoms with Crippen LogP contribution in [0.2, 0.25) is 0 Å². The van der Waals surface area contributed by atoms with Crippen LogP contribution in [0.25, 0.3) is 0 Å². The zero-order chi connectivity index (χ0) is 7.98. The molecule has 2 N–H and O–H groups in total. The van der Waals surface area contributed by atoms with Crippen molar-refractivity contribution < 1.29 is 9.90 Å². The maximum Gasteiger partial charge on any atom is 0.320 e. The van der Waals surface area contributed by atoms with Crippen LogP contribution in [-0.2, 0) is 4.79 Å². The first kappa shape index (κ1) is 10.2. The first-order valence-electron chi connectivity index (χ1n) is 3.24. The molecule has 0 aromatic carbocycles. The number of carbonyl (C=O) groups is 1. The van der Waals surface area contributed by atoms with Gasteiger partial charge in [0, 0.05) is 11.0 Å². The van der Waals surface area contributed by atoms with E-state index in [4.69, 9.17) is 5.11 Å². The van der Waals surface area contributed by atoms with Crippen LogP contribution in [0.15, 0.2) is 0 Å². The minimum atomic E-state index is -0.757. The predicted molar refractivity (Wildman–Crippen MR) is 48.6 cm³/mol. The Morgan fingerprint density at radius 2 is 2.40 bits per heavy atom. The second-order valence-electron chi connectivity index (χ2n) is 1.94. The number of rotatable bonds is 5. The van der Waals surface area contributed by atoms with Gasteiger partial charge in [0.05, 0.1) is 0 Å². The van der Waals surface area contributed by atoms with E-state index in [1.165, 1.54) is 0 Å². The first-order valence-corrected chi connectivity index (χ1v) is 4.77. The summed E-state index contributed by atoms with van der Waals surface area (Å²) in [6, 6.07) is -0.366. The van der Waals surface area contributed by atoms with Crippen molar-refractivity contribution in [1.29, 1.82) is 0 Å². The molecule has 0 radical (unpaired) electrons. The average molecular weight is 257 g/mol. The van der Waals surface area contributed by atoms with Crippen molar-refractivity contribution in [3.63, 3.8) is 0 Å². The monoisotopic (exact) mass is 257 g/mol. The molecular formula is C6H12INO2. The molecule has 0 aliphatic carbocycles. The van der Waals surface area contributed by atoms with Gasteiger partial charge in [-0.1, -0.05) is 29.5 Å². The van der Waals surface area contributed by atoms with E-state index in [0.29, 0.717) is 6.42 Å². The van der Waals surface area contributed by atoms with E-state index in [0.717, 1.165) is 11.0 Å². The fourth-order valence-electron chi connectivity index (χ4n) is 0.635. The molecule has 1 atom stereocenters. The summed E-state index contributed by atoms with van der Waals surface area (Å²) < 4.78 is 0.946. The zero-order valence-electron chi connectivity index (χ0n) is 5.93. The number of hydrogen-bond donors (Lipinski definition) is 2. The normalized spacial score (nSPS) is 13.0. The molecule has 0 rings (SSSR count). The van der Waals surface area contributed by atoms with Crippen LogP contribution in [0.5, 0.6) is 0 Å². The lowest BCUT2D eigenvalue weighted by molar-refractivity contribution is -0.139. The summed E-state index contributed by atoms with van der Waals surface area (Å²) in [4.78, 5) is 10.4. The minimum absolute atomic E-state index is 0.366. The highest BCUT2D eigenvalue weighted by Gasteiger charge is 2.12. The van der Waals surface area contributed by atoms with E-state index >= 15 is 0 Å². The summed E-state index contributed by atoms with van der Waals surface area (Å²) in [5.41, 5.74) is 0. The average Bonchev–Trinajstić information content (AvgIpc) is 1.89. The van der Waals surface area contributed by atoms with Crippen LogP contribution in [0, 0.1) is 0 Å². The Labute approximate surface area is 74.3 Å². The highest BCUT2D eigenvalue weighted by molar-refractivity contribution is 14.1. The molecule has 60 valence electrons. The third-order valence-corrected chi connectivity index (χ3v) is 1.73.